The number of nitrogens with zero attached hydrogens (tertiary/aromatic N) is 2. The van der Waals surface area contributed by atoms with Crippen LogP contribution in [0.3, 0.4) is 0 Å². The highest BCUT2D eigenvalue weighted by Gasteiger charge is 2.13. The van der Waals surface area contributed by atoms with Crippen molar-refractivity contribution in [3.05, 3.63) is 48.4 Å². The van der Waals surface area contributed by atoms with Crippen LogP contribution in [0.4, 0.5) is 10.1 Å². The first-order chi connectivity index (χ1) is 14.6. The van der Waals surface area contributed by atoms with Crippen molar-refractivity contribution in [1.82, 2.24) is 9.88 Å². The van der Waals surface area contributed by atoms with E-state index in [1.54, 1.807) is 24.4 Å². The molecular weight excluding hydrogens is 389 g/mol. The quantitative estimate of drug-likeness (QED) is 0.452. The summed E-state index contributed by atoms with van der Waals surface area (Å²) >= 11 is 0. The zero-order valence-electron chi connectivity index (χ0n) is 16.5. The molecule has 0 unspecified atom stereocenters. The number of rotatable bonds is 7. The van der Waals surface area contributed by atoms with E-state index in [9.17, 15) is 9.50 Å². The highest BCUT2D eigenvalue weighted by atomic mass is 19.1. The van der Waals surface area contributed by atoms with Gasteiger partial charge >= 0.3 is 0 Å². The van der Waals surface area contributed by atoms with Crippen LogP contribution in [0.2, 0.25) is 0 Å². The third kappa shape index (κ3) is 4.72. The summed E-state index contributed by atoms with van der Waals surface area (Å²) in [6.07, 6.45) is 2.40. The van der Waals surface area contributed by atoms with E-state index in [-0.39, 0.29) is 11.5 Å². The number of aromatic hydroxyl groups is 1. The van der Waals surface area contributed by atoms with Crippen molar-refractivity contribution in [1.29, 1.82) is 0 Å². The lowest BCUT2D eigenvalue weighted by atomic mass is 10.2. The number of nitrogens with two attached hydrogens (primary N) is 1. The summed E-state index contributed by atoms with van der Waals surface area (Å²) < 4.78 is 30.9. The van der Waals surface area contributed by atoms with Gasteiger partial charge in [0.15, 0.2) is 23.1 Å². The first-order valence-electron chi connectivity index (χ1n) is 9.87. The summed E-state index contributed by atoms with van der Waals surface area (Å²) in [5.74, 6) is 0.180. The third-order valence-electron chi connectivity index (χ3n) is 4.94. The number of aromatic nitrogens is 1. The number of hydrogen-bond donors (Lipinski definition) is 2. The summed E-state index contributed by atoms with van der Waals surface area (Å²) in [4.78, 5) is 6.64. The second kappa shape index (κ2) is 9.15. The fourth-order valence-corrected chi connectivity index (χ4v) is 3.35. The molecule has 7 nitrogen and oxygen atoms in total. The first kappa shape index (κ1) is 20.2. The molecule has 1 aliphatic rings. The van der Waals surface area contributed by atoms with Crippen LogP contribution >= 0.6 is 0 Å². The molecule has 1 aromatic heterocycles. The van der Waals surface area contributed by atoms with Crippen LogP contribution in [0.5, 0.6) is 23.0 Å². The molecule has 1 aliphatic heterocycles. The molecular formula is C22H24FN3O4. The van der Waals surface area contributed by atoms with Gasteiger partial charge in [0.1, 0.15) is 5.75 Å². The summed E-state index contributed by atoms with van der Waals surface area (Å²) in [6, 6.07) is 9.00. The number of phenols is 1. The van der Waals surface area contributed by atoms with Gasteiger partial charge in [-0.15, -0.1) is 0 Å². The van der Waals surface area contributed by atoms with Gasteiger partial charge in [0.05, 0.1) is 25.3 Å². The Hall–Kier alpha value is -3.10. The molecule has 4 rings (SSSR count). The zero-order chi connectivity index (χ0) is 20.9. The standard InChI is InChI=1S/C22H24FN3O4/c23-17-12-15(24)2-3-21(17)30-20-4-5-25-18-14-22(19(27)13-16(18)20)29-9-1-6-26-7-10-28-11-8-26/h2-5,12-14,27H,1,6-11,24H2. The van der Waals surface area contributed by atoms with Crippen LogP contribution in [0.25, 0.3) is 10.9 Å². The molecule has 0 bridgehead atoms. The second-order valence-corrected chi connectivity index (χ2v) is 7.09. The molecule has 1 saturated heterocycles. The number of phenolic OH excluding ortho intramolecular Hbond substituents is 1. The average molecular weight is 413 g/mol. The summed E-state index contributed by atoms with van der Waals surface area (Å²) in [6.45, 7) is 4.79. The van der Waals surface area contributed by atoms with Gasteiger partial charge < -0.3 is 25.1 Å². The van der Waals surface area contributed by atoms with E-state index in [2.05, 4.69) is 9.88 Å². The smallest absolute Gasteiger partial charge is 0.167 e. The number of hydrogen-bond acceptors (Lipinski definition) is 7. The molecule has 0 amide bonds. The molecule has 3 N–H and O–H groups in total. The first-order valence-corrected chi connectivity index (χ1v) is 9.87. The number of pyridine rings is 1. The van der Waals surface area contributed by atoms with Crippen molar-refractivity contribution in [2.75, 3.05) is 45.2 Å². The number of fused-ring (bicyclic) bond motifs is 1. The Bertz CT molecular complexity index is 1020. The molecule has 0 atom stereocenters. The van der Waals surface area contributed by atoms with Crippen molar-refractivity contribution in [3.8, 4) is 23.0 Å². The highest BCUT2D eigenvalue weighted by Crippen LogP contribution is 2.37. The third-order valence-corrected chi connectivity index (χ3v) is 4.94. The Labute approximate surface area is 173 Å². The zero-order valence-corrected chi connectivity index (χ0v) is 16.5. The van der Waals surface area contributed by atoms with E-state index in [1.165, 1.54) is 18.2 Å². The van der Waals surface area contributed by atoms with Gasteiger partial charge in [-0.1, -0.05) is 0 Å². The molecule has 0 saturated carbocycles. The fraction of sp³-hybridized carbons (Fsp3) is 0.318. The number of benzene rings is 2. The van der Waals surface area contributed by atoms with Gasteiger partial charge in [-0.05, 0) is 30.7 Å². The molecule has 0 radical (unpaired) electrons. The molecule has 2 aromatic carbocycles. The minimum Gasteiger partial charge on any atom is -0.504 e. The van der Waals surface area contributed by atoms with Crippen LogP contribution in [0.15, 0.2) is 42.6 Å². The van der Waals surface area contributed by atoms with E-state index >= 15 is 0 Å². The fourth-order valence-electron chi connectivity index (χ4n) is 3.35. The molecule has 0 aliphatic carbocycles. The summed E-state index contributed by atoms with van der Waals surface area (Å²) in [7, 11) is 0. The lowest BCUT2D eigenvalue weighted by Crippen LogP contribution is -2.37. The second-order valence-electron chi connectivity index (χ2n) is 7.09. The molecule has 158 valence electrons. The molecule has 8 heteroatoms. The van der Waals surface area contributed by atoms with Crippen molar-refractivity contribution in [2.45, 2.75) is 6.42 Å². The predicted molar refractivity (Wildman–Crippen MR) is 112 cm³/mol. The van der Waals surface area contributed by atoms with E-state index in [0.717, 1.165) is 39.3 Å². The molecule has 1 fully saturated rings. The van der Waals surface area contributed by atoms with Gasteiger partial charge in [0.25, 0.3) is 0 Å². The van der Waals surface area contributed by atoms with E-state index in [1.807, 2.05) is 0 Å². The van der Waals surface area contributed by atoms with E-state index in [4.69, 9.17) is 19.9 Å². The Morgan fingerprint density at radius 2 is 1.93 bits per heavy atom. The Morgan fingerprint density at radius 1 is 1.10 bits per heavy atom. The van der Waals surface area contributed by atoms with E-state index < -0.39 is 5.82 Å². The SMILES string of the molecule is Nc1ccc(Oc2ccnc3cc(OCCCN4CCOCC4)c(O)cc23)c(F)c1. The Kier molecular flexibility index (Phi) is 6.15. The van der Waals surface area contributed by atoms with Crippen molar-refractivity contribution < 1.29 is 23.7 Å². The Balaban J connectivity index is 1.45. The monoisotopic (exact) mass is 413 g/mol. The predicted octanol–water partition coefficient (Wildman–Crippen LogP) is 3.56. The van der Waals surface area contributed by atoms with Gasteiger partial charge in [-0.2, -0.15) is 0 Å². The van der Waals surface area contributed by atoms with Gasteiger partial charge in [0.2, 0.25) is 0 Å². The number of nitrogen functional groups attached to an aromatic ring is 1. The maximum absolute atomic E-state index is 14.1. The largest absolute Gasteiger partial charge is 0.504 e. The summed E-state index contributed by atoms with van der Waals surface area (Å²) in [5.41, 5.74) is 6.47. The van der Waals surface area contributed by atoms with Crippen molar-refractivity contribution in [2.24, 2.45) is 0 Å². The molecule has 30 heavy (non-hydrogen) atoms. The lowest BCUT2D eigenvalue weighted by Gasteiger charge is -2.26. The minimum atomic E-state index is -0.565. The molecule has 3 aromatic rings. The van der Waals surface area contributed by atoms with Crippen LogP contribution in [0, 0.1) is 5.82 Å². The van der Waals surface area contributed by atoms with Gasteiger partial charge in [-0.3, -0.25) is 9.88 Å². The van der Waals surface area contributed by atoms with Crippen LogP contribution in [-0.2, 0) is 4.74 Å². The topological polar surface area (TPSA) is 90.1 Å². The van der Waals surface area contributed by atoms with E-state index in [0.29, 0.717) is 34.7 Å². The van der Waals surface area contributed by atoms with Gasteiger partial charge in [0, 0.05) is 49.0 Å². The number of ether oxygens (including phenoxy) is 3. The summed E-state index contributed by atoms with van der Waals surface area (Å²) in [5, 5.41) is 11.0. The maximum atomic E-state index is 14.1. The van der Waals surface area contributed by atoms with Crippen LogP contribution < -0.4 is 15.2 Å². The van der Waals surface area contributed by atoms with Gasteiger partial charge in [-0.25, -0.2) is 4.39 Å². The average Bonchev–Trinajstić information content (AvgIpc) is 2.74. The minimum absolute atomic E-state index is 0.0236. The Morgan fingerprint density at radius 3 is 2.73 bits per heavy atom. The highest BCUT2D eigenvalue weighted by molar-refractivity contribution is 5.88. The van der Waals surface area contributed by atoms with Crippen molar-refractivity contribution >= 4 is 16.6 Å². The number of anilines is 1. The normalized spacial score (nSPS) is 14.7. The molecule has 2 heterocycles. The van der Waals surface area contributed by atoms with Crippen LogP contribution in [-0.4, -0.2) is 54.4 Å². The number of morpholine rings is 1. The van der Waals surface area contributed by atoms with Crippen LogP contribution in [0.1, 0.15) is 6.42 Å². The number of halogens is 1. The maximum Gasteiger partial charge on any atom is 0.167 e. The molecule has 0 spiro atoms. The lowest BCUT2D eigenvalue weighted by molar-refractivity contribution is 0.0357. The van der Waals surface area contributed by atoms with Crippen molar-refractivity contribution in [3.63, 3.8) is 0 Å².